The highest BCUT2D eigenvalue weighted by atomic mass is 35.5. The Kier molecular flexibility index (Phi) is 8.87. The third-order valence-electron chi connectivity index (χ3n) is 8.86. The molecule has 1 heterocycles. The van der Waals surface area contributed by atoms with Crippen LogP contribution in [0.3, 0.4) is 0 Å². The molecule has 0 aliphatic heterocycles. The van der Waals surface area contributed by atoms with Crippen LogP contribution >= 0.6 is 23.2 Å². The summed E-state index contributed by atoms with van der Waals surface area (Å²) in [5.74, 6) is 1.52. The summed E-state index contributed by atoms with van der Waals surface area (Å²) in [6.07, 6.45) is 6.59. The van der Waals surface area contributed by atoms with Crippen molar-refractivity contribution in [3.8, 4) is 16.9 Å². The van der Waals surface area contributed by atoms with Gasteiger partial charge < -0.3 is 10.1 Å². The number of allylic oxidation sites excluding steroid dienone is 1. The molecule has 0 bridgehead atoms. The lowest BCUT2D eigenvalue weighted by molar-refractivity contribution is -0.118. The van der Waals surface area contributed by atoms with Crippen LogP contribution in [0.4, 0.5) is 0 Å². The van der Waals surface area contributed by atoms with Gasteiger partial charge in [0.2, 0.25) is 5.91 Å². The van der Waals surface area contributed by atoms with Gasteiger partial charge in [0.05, 0.1) is 12.3 Å². The molecule has 2 aliphatic rings. The second-order valence-electron chi connectivity index (χ2n) is 12.0. The summed E-state index contributed by atoms with van der Waals surface area (Å²) in [5, 5.41) is 9.53. The van der Waals surface area contributed by atoms with Crippen molar-refractivity contribution in [3.63, 3.8) is 0 Å². The molecule has 1 N–H and O–H groups in total. The molecule has 1 amide bonds. The number of rotatable bonds is 8. The minimum absolute atomic E-state index is 0.0573. The van der Waals surface area contributed by atoms with Gasteiger partial charge in [0.25, 0.3) is 0 Å². The Morgan fingerprint density at radius 1 is 1.10 bits per heavy atom. The van der Waals surface area contributed by atoms with E-state index in [1.807, 2.05) is 50.7 Å². The van der Waals surface area contributed by atoms with E-state index in [0.29, 0.717) is 24.0 Å². The maximum absolute atomic E-state index is 13.9. The maximum atomic E-state index is 13.9. The van der Waals surface area contributed by atoms with Gasteiger partial charge in [-0.15, -0.1) is 0 Å². The van der Waals surface area contributed by atoms with Crippen molar-refractivity contribution in [1.82, 2.24) is 15.1 Å². The molecule has 5 rings (SSSR count). The molecular weight excluding hydrogens is 553 g/mol. The van der Waals surface area contributed by atoms with Crippen LogP contribution in [-0.4, -0.2) is 28.3 Å². The van der Waals surface area contributed by atoms with E-state index in [1.165, 1.54) is 12.8 Å². The van der Waals surface area contributed by atoms with Crippen molar-refractivity contribution in [3.05, 3.63) is 73.5 Å². The second kappa shape index (κ2) is 12.2. The minimum Gasteiger partial charge on any atom is -0.494 e. The van der Waals surface area contributed by atoms with Gasteiger partial charge in [0.15, 0.2) is 0 Å². The lowest BCUT2D eigenvalue weighted by atomic mass is 9.87. The normalized spacial score (nSPS) is 18.5. The summed E-state index contributed by atoms with van der Waals surface area (Å²) in [4.78, 5) is 13.9. The van der Waals surface area contributed by atoms with Gasteiger partial charge in [-0.05, 0) is 105 Å². The quantitative estimate of drug-likeness (QED) is 0.266. The highest BCUT2D eigenvalue weighted by Crippen LogP contribution is 2.45. The number of hydrogen-bond acceptors (Lipinski definition) is 3. The number of benzene rings is 2. The standard InChI is InChI=1S/C34H41Cl2N3O2/c1-19-9-7-10-24(15-19)37-34(40)29-18-28-27(12-13-30(35)32(28)31-22(4)38-39(6)23(31)5)26(29)11-8-14-41-25-16-20(2)33(36)21(3)17-25/h12-13,16-17,19,24H,7-11,14-15,18H2,1-6H3,(H,37,40)/t19-,24-/m1/s1. The monoisotopic (exact) mass is 593 g/mol. The topological polar surface area (TPSA) is 56.1 Å². The molecular formula is C34H41Cl2N3O2. The number of hydrogen-bond donors (Lipinski definition) is 1. The first-order valence-corrected chi connectivity index (χ1v) is 15.6. The smallest absolute Gasteiger partial charge is 0.248 e. The molecule has 1 fully saturated rings. The molecule has 0 radical (unpaired) electrons. The molecule has 2 aliphatic carbocycles. The molecule has 0 spiro atoms. The molecule has 1 saturated carbocycles. The van der Waals surface area contributed by atoms with Crippen LogP contribution < -0.4 is 10.1 Å². The van der Waals surface area contributed by atoms with Gasteiger partial charge in [-0.1, -0.05) is 49.0 Å². The predicted molar refractivity (Wildman–Crippen MR) is 169 cm³/mol. The van der Waals surface area contributed by atoms with Crippen molar-refractivity contribution in [2.75, 3.05) is 6.61 Å². The zero-order valence-corrected chi connectivity index (χ0v) is 26.6. The predicted octanol–water partition coefficient (Wildman–Crippen LogP) is 8.49. The Morgan fingerprint density at radius 2 is 1.83 bits per heavy atom. The number of carbonyl (C=O) groups is 1. The lowest BCUT2D eigenvalue weighted by Gasteiger charge is -2.27. The van der Waals surface area contributed by atoms with E-state index in [4.69, 9.17) is 27.9 Å². The van der Waals surface area contributed by atoms with E-state index in [-0.39, 0.29) is 11.9 Å². The fraction of sp³-hybridized carbons (Fsp3) is 0.471. The van der Waals surface area contributed by atoms with E-state index < -0.39 is 0 Å². The molecule has 41 heavy (non-hydrogen) atoms. The number of nitrogens with one attached hydrogen (secondary N) is 1. The Balaban J connectivity index is 1.44. The molecule has 0 unspecified atom stereocenters. The number of amides is 1. The number of halogens is 2. The van der Waals surface area contributed by atoms with Crippen LogP contribution in [0.25, 0.3) is 16.7 Å². The molecule has 2 atom stereocenters. The average molecular weight is 595 g/mol. The second-order valence-corrected chi connectivity index (χ2v) is 12.8. The Bertz CT molecular complexity index is 1500. The zero-order valence-electron chi connectivity index (χ0n) is 25.1. The Hall–Kier alpha value is -2.76. The highest BCUT2D eigenvalue weighted by Gasteiger charge is 2.32. The number of carbonyl (C=O) groups excluding carboxylic acids is 1. The van der Waals surface area contributed by atoms with Crippen LogP contribution in [0.5, 0.6) is 5.75 Å². The minimum atomic E-state index is 0.0573. The van der Waals surface area contributed by atoms with Crippen LogP contribution in [0.2, 0.25) is 10.0 Å². The van der Waals surface area contributed by atoms with Crippen LogP contribution in [-0.2, 0) is 18.3 Å². The molecule has 5 nitrogen and oxygen atoms in total. The largest absolute Gasteiger partial charge is 0.494 e. The van der Waals surface area contributed by atoms with Crippen molar-refractivity contribution >= 4 is 34.7 Å². The van der Waals surface area contributed by atoms with E-state index in [1.54, 1.807) is 0 Å². The molecule has 0 saturated heterocycles. The van der Waals surface area contributed by atoms with Crippen molar-refractivity contribution in [2.24, 2.45) is 13.0 Å². The van der Waals surface area contributed by atoms with Crippen molar-refractivity contribution in [2.45, 2.75) is 85.6 Å². The number of aryl methyl sites for hydroxylation is 4. The maximum Gasteiger partial charge on any atom is 0.248 e. The third-order valence-corrected chi connectivity index (χ3v) is 9.77. The van der Waals surface area contributed by atoms with Gasteiger partial charge >= 0.3 is 0 Å². The summed E-state index contributed by atoms with van der Waals surface area (Å²) < 4.78 is 8.03. The van der Waals surface area contributed by atoms with Crippen LogP contribution in [0.1, 0.15) is 79.1 Å². The van der Waals surface area contributed by atoms with E-state index in [0.717, 1.165) is 92.4 Å². The highest BCUT2D eigenvalue weighted by molar-refractivity contribution is 6.34. The summed E-state index contributed by atoms with van der Waals surface area (Å²) in [5.41, 5.74) is 10.3. The van der Waals surface area contributed by atoms with Gasteiger partial charge in [-0.25, -0.2) is 0 Å². The molecule has 218 valence electrons. The van der Waals surface area contributed by atoms with E-state index >= 15 is 0 Å². The van der Waals surface area contributed by atoms with Crippen LogP contribution in [0.15, 0.2) is 29.8 Å². The summed E-state index contributed by atoms with van der Waals surface area (Å²) in [6.45, 7) is 10.9. The Labute approximate surface area is 254 Å². The van der Waals surface area contributed by atoms with Gasteiger partial charge in [-0.3, -0.25) is 9.48 Å². The number of nitrogens with zero attached hydrogens (tertiary/aromatic N) is 2. The average Bonchev–Trinajstić information content (AvgIpc) is 3.41. The van der Waals surface area contributed by atoms with Gasteiger partial charge in [-0.2, -0.15) is 5.10 Å². The SMILES string of the molecule is Cc1cc(OCCCC2=C(C(=O)N[C@@H]3CCC[C@@H](C)C3)Cc3c2ccc(Cl)c3-c2c(C)nn(C)c2C)cc(C)c1Cl. The molecule has 7 heteroatoms. The summed E-state index contributed by atoms with van der Waals surface area (Å²) >= 11 is 13.2. The summed E-state index contributed by atoms with van der Waals surface area (Å²) in [6, 6.07) is 8.26. The zero-order chi connectivity index (χ0) is 29.4. The van der Waals surface area contributed by atoms with Gasteiger partial charge in [0.1, 0.15) is 5.75 Å². The first-order chi connectivity index (χ1) is 19.5. The molecule has 3 aromatic rings. The Morgan fingerprint density at radius 3 is 2.49 bits per heavy atom. The van der Waals surface area contributed by atoms with Crippen LogP contribution in [0, 0.1) is 33.6 Å². The fourth-order valence-corrected chi connectivity index (χ4v) is 7.09. The summed E-state index contributed by atoms with van der Waals surface area (Å²) in [7, 11) is 1.96. The van der Waals surface area contributed by atoms with E-state index in [2.05, 4.69) is 30.3 Å². The number of aromatic nitrogens is 2. The lowest BCUT2D eigenvalue weighted by Crippen LogP contribution is -2.39. The van der Waals surface area contributed by atoms with E-state index in [9.17, 15) is 4.79 Å². The number of ether oxygens (including phenoxy) is 1. The van der Waals surface area contributed by atoms with Crippen molar-refractivity contribution in [1.29, 1.82) is 0 Å². The first kappa shape index (κ1) is 29.7. The molecule has 1 aromatic heterocycles. The first-order valence-electron chi connectivity index (χ1n) is 14.8. The molecule has 2 aromatic carbocycles. The van der Waals surface area contributed by atoms with Crippen molar-refractivity contribution < 1.29 is 9.53 Å². The van der Waals surface area contributed by atoms with Gasteiger partial charge in [0, 0.05) is 51.9 Å². The third kappa shape index (κ3) is 6.08. The number of fused-ring (bicyclic) bond motifs is 1. The fourth-order valence-electron chi connectivity index (χ4n) is 6.71.